The van der Waals surface area contributed by atoms with Crippen molar-refractivity contribution < 1.29 is 0 Å². The van der Waals surface area contributed by atoms with Crippen LogP contribution in [0.5, 0.6) is 0 Å². The molecule has 2 heterocycles. The molecule has 1 saturated carbocycles. The van der Waals surface area contributed by atoms with Crippen LogP contribution in [0.1, 0.15) is 24.1 Å². The number of aromatic nitrogens is 4. The molecule has 5 heteroatoms. The molecule has 5 nitrogen and oxygen atoms in total. The molecule has 0 bridgehead atoms. The van der Waals surface area contributed by atoms with Crippen LogP contribution in [0.4, 0.5) is 5.82 Å². The Morgan fingerprint density at radius 1 is 1.44 bits per heavy atom. The summed E-state index contributed by atoms with van der Waals surface area (Å²) in [5.74, 6) is 2.54. The van der Waals surface area contributed by atoms with E-state index in [9.17, 15) is 0 Å². The van der Waals surface area contributed by atoms with E-state index in [-0.39, 0.29) is 0 Å². The number of nitrogens with zero attached hydrogens (tertiary/aromatic N) is 4. The van der Waals surface area contributed by atoms with Crippen LogP contribution in [0.15, 0.2) is 6.33 Å². The van der Waals surface area contributed by atoms with Crippen LogP contribution >= 0.6 is 0 Å². The monoisotopic (exact) mass is 217 g/mol. The van der Waals surface area contributed by atoms with Gasteiger partial charge >= 0.3 is 0 Å². The summed E-state index contributed by atoms with van der Waals surface area (Å²) in [6, 6.07) is 0. The maximum absolute atomic E-state index is 4.39. The van der Waals surface area contributed by atoms with Crippen molar-refractivity contribution in [3.63, 3.8) is 0 Å². The fourth-order valence-corrected chi connectivity index (χ4v) is 1.80. The summed E-state index contributed by atoms with van der Waals surface area (Å²) < 4.78 is 1.78. The number of rotatable bonds is 3. The van der Waals surface area contributed by atoms with Gasteiger partial charge < -0.3 is 5.32 Å². The highest BCUT2D eigenvalue weighted by atomic mass is 15.4. The van der Waals surface area contributed by atoms with Gasteiger partial charge in [0.15, 0.2) is 0 Å². The van der Waals surface area contributed by atoms with Crippen molar-refractivity contribution in [2.45, 2.75) is 26.7 Å². The van der Waals surface area contributed by atoms with Crippen LogP contribution in [0.2, 0.25) is 0 Å². The number of anilines is 1. The lowest BCUT2D eigenvalue weighted by Gasteiger charge is -2.11. The Kier molecular flexibility index (Phi) is 2.05. The first-order chi connectivity index (χ1) is 7.75. The van der Waals surface area contributed by atoms with E-state index >= 15 is 0 Å². The summed E-state index contributed by atoms with van der Waals surface area (Å²) in [6.07, 6.45) is 4.23. The van der Waals surface area contributed by atoms with Crippen LogP contribution in [-0.4, -0.2) is 26.1 Å². The van der Waals surface area contributed by atoms with Crippen molar-refractivity contribution in [2.75, 3.05) is 11.9 Å². The lowest BCUT2D eigenvalue weighted by Crippen LogP contribution is -2.11. The van der Waals surface area contributed by atoms with Gasteiger partial charge in [0.1, 0.15) is 12.1 Å². The van der Waals surface area contributed by atoms with Crippen molar-refractivity contribution >= 4 is 11.6 Å². The fraction of sp³-hybridized carbons (Fsp3) is 0.545. The van der Waals surface area contributed by atoms with Crippen molar-refractivity contribution in [1.82, 2.24) is 19.6 Å². The molecule has 16 heavy (non-hydrogen) atoms. The summed E-state index contributed by atoms with van der Waals surface area (Å²) in [5, 5.41) is 7.66. The second-order valence-electron chi connectivity index (χ2n) is 4.47. The second-order valence-corrected chi connectivity index (χ2v) is 4.47. The Balaban J connectivity index is 2.03. The van der Waals surface area contributed by atoms with E-state index in [1.54, 1.807) is 10.8 Å². The number of aryl methyl sites for hydroxylation is 1. The van der Waals surface area contributed by atoms with E-state index in [1.165, 1.54) is 12.8 Å². The predicted octanol–water partition coefficient (Wildman–Crippen LogP) is 1.56. The van der Waals surface area contributed by atoms with Crippen molar-refractivity contribution in [1.29, 1.82) is 0 Å². The molecule has 3 rings (SSSR count). The highest BCUT2D eigenvalue weighted by Gasteiger charge is 2.21. The molecule has 0 unspecified atom stereocenters. The van der Waals surface area contributed by atoms with Gasteiger partial charge in [-0.05, 0) is 32.6 Å². The lowest BCUT2D eigenvalue weighted by molar-refractivity contribution is 0.847. The molecule has 1 N–H and O–H groups in total. The zero-order valence-corrected chi connectivity index (χ0v) is 9.56. The van der Waals surface area contributed by atoms with Crippen LogP contribution in [0, 0.1) is 19.8 Å². The predicted molar refractivity (Wildman–Crippen MR) is 61.5 cm³/mol. The SMILES string of the molecule is Cc1nc2ncnn2c(NCC2CC2)c1C. The third-order valence-corrected chi connectivity index (χ3v) is 3.16. The molecule has 1 aliphatic rings. The summed E-state index contributed by atoms with van der Waals surface area (Å²) in [6.45, 7) is 5.10. The van der Waals surface area contributed by atoms with Crippen LogP contribution < -0.4 is 5.32 Å². The Bertz CT molecular complexity index is 526. The zero-order valence-electron chi connectivity index (χ0n) is 9.56. The maximum atomic E-state index is 4.39. The largest absolute Gasteiger partial charge is 0.369 e. The van der Waals surface area contributed by atoms with Crippen molar-refractivity contribution in [2.24, 2.45) is 5.92 Å². The Morgan fingerprint density at radius 3 is 3.00 bits per heavy atom. The minimum absolute atomic E-state index is 0.668. The quantitative estimate of drug-likeness (QED) is 0.847. The van der Waals surface area contributed by atoms with Gasteiger partial charge in [-0.25, -0.2) is 4.98 Å². The third kappa shape index (κ3) is 1.52. The van der Waals surface area contributed by atoms with Crippen molar-refractivity contribution in [3.8, 4) is 0 Å². The van der Waals surface area contributed by atoms with Crippen LogP contribution in [0.3, 0.4) is 0 Å². The summed E-state index contributed by atoms with van der Waals surface area (Å²) >= 11 is 0. The van der Waals surface area contributed by atoms with Crippen molar-refractivity contribution in [3.05, 3.63) is 17.6 Å². The van der Waals surface area contributed by atoms with E-state index < -0.39 is 0 Å². The zero-order chi connectivity index (χ0) is 11.1. The van der Waals surface area contributed by atoms with Gasteiger partial charge in [-0.15, -0.1) is 0 Å². The molecular weight excluding hydrogens is 202 g/mol. The maximum Gasteiger partial charge on any atom is 0.254 e. The molecule has 2 aromatic heterocycles. The fourth-order valence-electron chi connectivity index (χ4n) is 1.80. The topological polar surface area (TPSA) is 55.1 Å². The number of hydrogen-bond donors (Lipinski definition) is 1. The van der Waals surface area contributed by atoms with Gasteiger partial charge in [-0.2, -0.15) is 14.6 Å². The Hall–Kier alpha value is -1.65. The van der Waals surface area contributed by atoms with Gasteiger partial charge in [0.05, 0.1) is 0 Å². The van der Waals surface area contributed by atoms with Gasteiger partial charge in [-0.1, -0.05) is 0 Å². The summed E-state index contributed by atoms with van der Waals surface area (Å²) in [5.41, 5.74) is 2.16. The molecule has 0 amide bonds. The third-order valence-electron chi connectivity index (χ3n) is 3.16. The van der Waals surface area contributed by atoms with Gasteiger partial charge in [0.25, 0.3) is 5.78 Å². The average molecular weight is 217 g/mol. The first-order valence-electron chi connectivity index (χ1n) is 5.66. The molecule has 2 aromatic rings. The molecule has 0 atom stereocenters. The van der Waals surface area contributed by atoms with Gasteiger partial charge in [0.2, 0.25) is 0 Å². The molecule has 0 radical (unpaired) electrons. The van der Waals surface area contributed by atoms with E-state index in [2.05, 4.69) is 27.3 Å². The molecule has 0 saturated heterocycles. The highest BCUT2D eigenvalue weighted by Crippen LogP contribution is 2.29. The smallest absolute Gasteiger partial charge is 0.254 e. The van der Waals surface area contributed by atoms with Gasteiger partial charge in [-0.3, -0.25) is 0 Å². The Morgan fingerprint density at radius 2 is 2.25 bits per heavy atom. The molecule has 0 aromatic carbocycles. The molecule has 84 valence electrons. The molecular formula is C11H15N5. The van der Waals surface area contributed by atoms with Crippen LogP contribution in [0.25, 0.3) is 5.78 Å². The van der Waals surface area contributed by atoms with Crippen LogP contribution in [-0.2, 0) is 0 Å². The molecule has 0 aliphatic heterocycles. The second kappa shape index (κ2) is 3.43. The van der Waals surface area contributed by atoms with E-state index in [4.69, 9.17) is 0 Å². The minimum Gasteiger partial charge on any atom is -0.369 e. The first-order valence-corrected chi connectivity index (χ1v) is 5.66. The standard InChI is InChI=1S/C11H15N5/c1-7-8(2)15-11-13-6-14-16(11)10(7)12-5-9-3-4-9/h6,9,12H,3-5H2,1-2H3. The Labute approximate surface area is 93.9 Å². The highest BCUT2D eigenvalue weighted by molar-refractivity contribution is 5.51. The molecule has 0 spiro atoms. The number of hydrogen-bond acceptors (Lipinski definition) is 4. The first kappa shape index (κ1) is 9.57. The van der Waals surface area contributed by atoms with E-state index in [0.717, 1.165) is 29.5 Å². The normalized spacial score (nSPS) is 15.6. The molecule has 1 aliphatic carbocycles. The minimum atomic E-state index is 0.668. The average Bonchev–Trinajstić information content (AvgIpc) is 2.98. The molecule has 1 fully saturated rings. The summed E-state index contributed by atoms with van der Waals surface area (Å²) in [4.78, 5) is 8.51. The van der Waals surface area contributed by atoms with E-state index in [0.29, 0.717) is 5.78 Å². The lowest BCUT2D eigenvalue weighted by atomic mass is 10.2. The number of nitrogens with one attached hydrogen (secondary N) is 1. The number of fused-ring (bicyclic) bond motifs is 1. The summed E-state index contributed by atoms with van der Waals surface area (Å²) in [7, 11) is 0. The van der Waals surface area contributed by atoms with E-state index in [1.807, 2.05) is 6.92 Å². The van der Waals surface area contributed by atoms with Gasteiger partial charge in [0, 0.05) is 17.8 Å².